The van der Waals surface area contributed by atoms with Crippen LogP contribution in [0.5, 0.6) is 0 Å². The highest BCUT2D eigenvalue weighted by molar-refractivity contribution is 4.86. The van der Waals surface area contributed by atoms with Crippen molar-refractivity contribution >= 4 is 0 Å². The van der Waals surface area contributed by atoms with Gasteiger partial charge in [-0.3, -0.25) is 4.90 Å². The third kappa shape index (κ3) is 3.72. The van der Waals surface area contributed by atoms with E-state index in [1.807, 2.05) is 0 Å². The lowest BCUT2D eigenvalue weighted by Gasteiger charge is -2.42. The molecular weight excluding hydrogens is 198 g/mol. The first-order valence-corrected chi connectivity index (χ1v) is 6.67. The summed E-state index contributed by atoms with van der Waals surface area (Å²) in [7, 11) is 4.32. The van der Waals surface area contributed by atoms with Gasteiger partial charge in [0.05, 0.1) is 0 Å². The third-order valence-electron chi connectivity index (χ3n) is 3.77. The van der Waals surface area contributed by atoms with E-state index >= 15 is 0 Å². The molecule has 1 rings (SSSR count). The molecule has 0 aromatic carbocycles. The van der Waals surface area contributed by atoms with E-state index in [1.54, 1.807) is 0 Å². The molecule has 0 aromatic rings. The van der Waals surface area contributed by atoms with E-state index in [-0.39, 0.29) is 0 Å². The summed E-state index contributed by atoms with van der Waals surface area (Å²) in [6, 6.07) is 1.36. The van der Waals surface area contributed by atoms with E-state index < -0.39 is 0 Å². The summed E-state index contributed by atoms with van der Waals surface area (Å²) in [6.07, 6.45) is 1.32. The van der Waals surface area contributed by atoms with E-state index in [0.717, 1.165) is 25.6 Å². The van der Waals surface area contributed by atoms with Crippen LogP contribution in [0.15, 0.2) is 0 Å². The Labute approximate surface area is 101 Å². The van der Waals surface area contributed by atoms with Crippen molar-refractivity contribution in [2.45, 2.75) is 39.3 Å². The van der Waals surface area contributed by atoms with Gasteiger partial charge in [-0.2, -0.15) is 0 Å². The van der Waals surface area contributed by atoms with Gasteiger partial charge in [0.15, 0.2) is 0 Å². The van der Waals surface area contributed by atoms with Crippen molar-refractivity contribution < 1.29 is 0 Å². The summed E-state index contributed by atoms with van der Waals surface area (Å²) in [4.78, 5) is 4.95. The van der Waals surface area contributed by atoms with Crippen molar-refractivity contribution in [1.82, 2.24) is 15.1 Å². The van der Waals surface area contributed by atoms with Crippen LogP contribution in [0.3, 0.4) is 0 Å². The number of rotatable bonds is 5. The van der Waals surface area contributed by atoms with Gasteiger partial charge in [-0.15, -0.1) is 0 Å². The molecule has 0 bridgehead atoms. The monoisotopic (exact) mass is 227 g/mol. The fourth-order valence-electron chi connectivity index (χ4n) is 2.92. The van der Waals surface area contributed by atoms with Crippen LogP contribution < -0.4 is 5.32 Å². The fourth-order valence-corrected chi connectivity index (χ4v) is 2.92. The Morgan fingerprint density at radius 3 is 2.56 bits per heavy atom. The molecule has 1 aliphatic heterocycles. The van der Waals surface area contributed by atoms with E-state index in [0.29, 0.717) is 12.1 Å². The Balaban J connectivity index is 2.57. The number of hydrogen-bond acceptors (Lipinski definition) is 3. The topological polar surface area (TPSA) is 18.5 Å². The van der Waals surface area contributed by atoms with Gasteiger partial charge in [0.1, 0.15) is 0 Å². The predicted octanol–water partition coefficient (Wildman–Crippen LogP) is 1.26. The average Bonchev–Trinajstić information content (AvgIpc) is 2.20. The summed E-state index contributed by atoms with van der Waals surface area (Å²) in [6.45, 7) is 11.7. The number of likely N-dealkylation sites (N-methyl/N-ethyl adjacent to an activating group) is 2. The predicted molar refractivity (Wildman–Crippen MR) is 70.8 cm³/mol. The van der Waals surface area contributed by atoms with E-state index in [4.69, 9.17) is 0 Å². The number of piperidine rings is 1. The molecule has 0 spiro atoms. The Morgan fingerprint density at radius 2 is 2.06 bits per heavy atom. The van der Waals surface area contributed by atoms with Crippen molar-refractivity contribution in [3.63, 3.8) is 0 Å². The van der Waals surface area contributed by atoms with Crippen molar-refractivity contribution in [3.8, 4) is 0 Å². The van der Waals surface area contributed by atoms with Crippen LogP contribution in [0.25, 0.3) is 0 Å². The first-order valence-electron chi connectivity index (χ1n) is 6.67. The van der Waals surface area contributed by atoms with Crippen molar-refractivity contribution in [2.75, 3.05) is 40.3 Å². The molecule has 0 amide bonds. The minimum absolute atomic E-state index is 0.646. The second-order valence-electron chi connectivity index (χ2n) is 5.48. The summed E-state index contributed by atoms with van der Waals surface area (Å²) < 4.78 is 0. The van der Waals surface area contributed by atoms with Crippen LogP contribution >= 0.6 is 0 Å². The lowest BCUT2D eigenvalue weighted by molar-refractivity contribution is 0.0777. The Morgan fingerprint density at radius 1 is 1.38 bits per heavy atom. The maximum absolute atomic E-state index is 3.53. The smallest absolute Gasteiger partial charge is 0.0249 e. The van der Waals surface area contributed by atoms with Crippen LogP contribution in [0.4, 0.5) is 0 Å². The molecular formula is C13H29N3. The summed E-state index contributed by atoms with van der Waals surface area (Å²) in [5.74, 6) is 0.825. The summed E-state index contributed by atoms with van der Waals surface area (Å²) >= 11 is 0. The number of hydrogen-bond donors (Lipinski definition) is 1. The number of nitrogens with zero attached hydrogens (tertiary/aromatic N) is 2. The second kappa shape index (κ2) is 6.58. The zero-order chi connectivity index (χ0) is 12.1. The molecule has 16 heavy (non-hydrogen) atoms. The lowest BCUT2D eigenvalue weighted by Crippen LogP contribution is -2.55. The quantitative estimate of drug-likeness (QED) is 0.763. The second-order valence-corrected chi connectivity index (χ2v) is 5.48. The molecule has 96 valence electrons. The molecule has 3 atom stereocenters. The maximum atomic E-state index is 3.53. The van der Waals surface area contributed by atoms with E-state index in [2.05, 4.69) is 50.0 Å². The molecule has 1 aliphatic rings. The molecule has 3 unspecified atom stereocenters. The number of nitrogens with one attached hydrogen (secondary N) is 1. The molecule has 0 aromatic heterocycles. The van der Waals surface area contributed by atoms with Crippen LogP contribution in [0.2, 0.25) is 0 Å². The van der Waals surface area contributed by atoms with Crippen molar-refractivity contribution in [1.29, 1.82) is 0 Å². The Bertz CT molecular complexity index is 194. The van der Waals surface area contributed by atoms with Crippen LogP contribution in [-0.4, -0.2) is 62.2 Å². The van der Waals surface area contributed by atoms with E-state index in [1.165, 1.54) is 13.0 Å². The lowest BCUT2D eigenvalue weighted by atomic mass is 9.92. The first-order chi connectivity index (χ1) is 7.56. The normalized spacial score (nSPS) is 28.7. The minimum atomic E-state index is 0.646. The highest BCUT2D eigenvalue weighted by Crippen LogP contribution is 2.19. The largest absolute Gasteiger partial charge is 0.315 e. The van der Waals surface area contributed by atoms with Gasteiger partial charge in [0.2, 0.25) is 0 Å². The average molecular weight is 227 g/mol. The molecule has 1 saturated heterocycles. The zero-order valence-electron chi connectivity index (χ0n) is 11.7. The summed E-state index contributed by atoms with van der Waals surface area (Å²) in [5, 5.41) is 3.53. The molecule has 0 saturated carbocycles. The maximum Gasteiger partial charge on any atom is 0.0249 e. The van der Waals surface area contributed by atoms with Crippen molar-refractivity contribution in [2.24, 2.45) is 5.92 Å². The third-order valence-corrected chi connectivity index (χ3v) is 3.77. The highest BCUT2D eigenvalue weighted by atomic mass is 15.2. The van der Waals surface area contributed by atoms with E-state index in [9.17, 15) is 0 Å². The molecule has 3 heteroatoms. The molecule has 0 radical (unpaired) electrons. The van der Waals surface area contributed by atoms with Gasteiger partial charge in [-0.05, 0) is 46.4 Å². The van der Waals surface area contributed by atoms with Gasteiger partial charge in [-0.1, -0.05) is 13.8 Å². The van der Waals surface area contributed by atoms with Gasteiger partial charge < -0.3 is 10.2 Å². The molecule has 0 aliphatic carbocycles. The van der Waals surface area contributed by atoms with Crippen LogP contribution in [0.1, 0.15) is 27.2 Å². The Hall–Kier alpha value is -0.120. The summed E-state index contributed by atoms with van der Waals surface area (Å²) in [5.41, 5.74) is 0. The minimum Gasteiger partial charge on any atom is -0.315 e. The highest BCUT2D eigenvalue weighted by Gasteiger charge is 2.28. The molecule has 1 heterocycles. The first kappa shape index (κ1) is 13.9. The SMILES string of the molecule is CCN(C(C)CN(C)C)C1CNCCC1C. The Kier molecular flexibility index (Phi) is 5.73. The molecule has 1 fully saturated rings. The van der Waals surface area contributed by atoms with Gasteiger partial charge >= 0.3 is 0 Å². The van der Waals surface area contributed by atoms with Gasteiger partial charge in [-0.25, -0.2) is 0 Å². The molecule has 1 N–H and O–H groups in total. The molecule has 3 nitrogen and oxygen atoms in total. The van der Waals surface area contributed by atoms with Gasteiger partial charge in [0, 0.05) is 25.2 Å². The van der Waals surface area contributed by atoms with Crippen LogP contribution in [-0.2, 0) is 0 Å². The zero-order valence-corrected chi connectivity index (χ0v) is 11.7. The van der Waals surface area contributed by atoms with Crippen molar-refractivity contribution in [3.05, 3.63) is 0 Å². The van der Waals surface area contributed by atoms with Crippen LogP contribution in [0, 0.1) is 5.92 Å². The standard InChI is InChI=1S/C13H29N3/c1-6-16(12(3)10-15(4)5)13-9-14-8-7-11(13)2/h11-14H,6-10H2,1-5H3. The van der Waals surface area contributed by atoms with Gasteiger partial charge in [0.25, 0.3) is 0 Å². The fraction of sp³-hybridized carbons (Fsp3) is 1.00.